The molecule has 1 N–H and O–H groups in total. The summed E-state index contributed by atoms with van der Waals surface area (Å²) in [5, 5.41) is 3.43. The highest BCUT2D eigenvalue weighted by Gasteiger charge is 2.01. The first-order valence-corrected chi connectivity index (χ1v) is 8.71. The quantitative estimate of drug-likeness (QED) is 0.672. The lowest BCUT2D eigenvalue weighted by molar-refractivity contribution is 0.271. The van der Waals surface area contributed by atoms with Gasteiger partial charge in [-0.25, -0.2) is 0 Å². The fourth-order valence-electron chi connectivity index (χ4n) is 2.14. The Bertz CT molecular complexity index is 605. The van der Waals surface area contributed by atoms with Gasteiger partial charge in [-0.05, 0) is 53.8 Å². The third-order valence-electron chi connectivity index (χ3n) is 3.42. The van der Waals surface area contributed by atoms with E-state index < -0.39 is 0 Å². The van der Waals surface area contributed by atoms with Crippen LogP contribution < -0.4 is 14.8 Å². The van der Waals surface area contributed by atoms with E-state index in [1.165, 1.54) is 5.56 Å². The van der Waals surface area contributed by atoms with Crippen LogP contribution in [0.5, 0.6) is 11.5 Å². The third-order valence-corrected chi connectivity index (χ3v) is 3.42. The third kappa shape index (κ3) is 6.53. The molecule has 0 fully saturated rings. The van der Waals surface area contributed by atoms with E-state index in [0.717, 1.165) is 36.9 Å². The minimum atomic E-state index is 0.531. The lowest BCUT2D eigenvalue weighted by Gasteiger charge is -2.12. The minimum absolute atomic E-state index is 0.531. The molecule has 2 aromatic carbocycles. The van der Waals surface area contributed by atoms with Gasteiger partial charge in [0.1, 0.15) is 11.5 Å². The molecule has 0 saturated carbocycles. The molecule has 0 amide bonds. The Morgan fingerprint density at radius 3 is 2.04 bits per heavy atom. The van der Waals surface area contributed by atoms with Crippen molar-refractivity contribution in [1.82, 2.24) is 0 Å². The summed E-state index contributed by atoms with van der Waals surface area (Å²) in [6, 6.07) is 16.4. The summed E-state index contributed by atoms with van der Waals surface area (Å²) >= 11 is 0. The molecule has 0 saturated heterocycles. The second-order valence-electron chi connectivity index (χ2n) is 6.94. The van der Waals surface area contributed by atoms with Gasteiger partial charge in [0.05, 0.1) is 13.2 Å². The molecule has 3 nitrogen and oxygen atoms in total. The van der Waals surface area contributed by atoms with Crippen molar-refractivity contribution in [2.24, 2.45) is 11.8 Å². The Hall–Kier alpha value is -2.16. The monoisotopic (exact) mass is 327 g/mol. The maximum atomic E-state index is 5.78. The molecular weight excluding hydrogens is 298 g/mol. The molecule has 0 aliphatic carbocycles. The van der Waals surface area contributed by atoms with Gasteiger partial charge in [-0.1, -0.05) is 39.8 Å². The Morgan fingerprint density at radius 1 is 0.792 bits per heavy atom. The number of hydrogen-bond acceptors (Lipinski definition) is 3. The predicted molar refractivity (Wildman–Crippen MR) is 101 cm³/mol. The van der Waals surface area contributed by atoms with Gasteiger partial charge in [-0.3, -0.25) is 0 Å². The van der Waals surface area contributed by atoms with Gasteiger partial charge in [0, 0.05) is 12.2 Å². The largest absolute Gasteiger partial charge is 0.493 e. The SMILES string of the molecule is CC(C)COc1ccc(NCc2cccc(OCC(C)C)c2)cc1. The average molecular weight is 327 g/mol. The summed E-state index contributed by atoms with van der Waals surface area (Å²) in [6.45, 7) is 10.9. The summed E-state index contributed by atoms with van der Waals surface area (Å²) < 4.78 is 11.5. The van der Waals surface area contributed by atoms with Crippen molar-refractivity contribution in [3.63, 3.8) is 0 Å². The van der Waals surface area contributed by atoms with Crippen molar-refractivity contribution in [2.75, 3.05) is 18.5 Å². The summed E-state index contributed by atoms with van der Waals surface area (Å²) in [7, 11) is 0. The first kappa shape index (κ1) is 18.2. The number of ether oxygens (including phenoxy) is 2. The van der Waals surface area contributed by atoms with Crippen LogP contribution >= 0.6 is 0 Å². The van der Waals surface area contributed by atoms with Crippen molar-refractivity contribution in [1.29, 1.82) is 0 Å². The van der Waals surface area contributed by atoms with Crippen LogP contribution in [0.2, 0.25) is 0 Å². The molecule has 0 unspecified atom stereocenters. The van der Waals surface area contributed by atoms with Gasteiger partial charge in [0.2, 0.25) is 0 Å². The van der Waals surface area contributed by atoms with Crippen LogP contribution in [-0.2, 0) is 6.54 Å². The molecule has 2 aromatic rings. The zero-order valence-corrected chi connectivity index (χ0v) is 15.2. The highest BCUT2D eigenvalue weighted by Crippen LogP contribution is 2.19. The molecule has 24 heavy (non-hydrogen) atoms. The van der Waals surface area contributed by atoms with Crippen LogP contribution in [0.3, 0.4) is 0 Å². The van der Waals surface area contributed by atoms with E-state index in [9.17, 15) is 0 Å². The van der Waals surface area contributed by atoms with Crippen LogP contribution in [0.1, 0.15) is 33.3 Å². The van der Waals surface area contributed by atoms with E-state index in [1.807, 2.05) is 24.3 Å². The minimum Gasteiger partial charge on any atom is -0.493 e. The normalized spacial score (nSPS) is 10.9. The van der Waals surface area contributed by atoms with Gasteiger partial charge < -0.3 is 14.8 Å². The van der Waals surface area contributed by atoms with Crippen molar-refractivity contribution >= 4 is 5.69 Å². The van der Waals surface area contributed by atoms with Crippen LogP contribution in [0.4, 0.5) is 5.69 Å². The molecule has 0 aliphatic rings. The van der Waals surface area contributed by atoms with Crippen LogP contribution in [0.15, 0.2) is 48.5 Å². The molecule has 130 valence electrons. The van der Waals surface area contributed by atoms with Crippen LogP contribution in [0, 0.1) is 11.8 Å². The molecule has 0 atom stereocenters. The van der Waals surface area contributed by atoms with Crippen molar-refractivity contribution in [2.45, 2.75) is 34.2 Å². The maximum absolute atomic E-state index is 5.78. The molecule has 0 aromatic heterocycles. The lowest BCUT2D eigenvalue weighted by atomic mass is 10.2. The molecule has 0 spiro atoms. The van der Waals surface area contributed by atoms with Crippen molar-refractivity contribution < 1.29 is 9.47 Å². The summed E-state index contributed by atoms with van der Waals surface area (Å²) in [4.78, 5) is 0. The summed E-state index contributed by atoms with van der Waals surface area (Å²) in [6.07, 6.45) is 0. The molecule has 2 rings (SSSR count). The second kappa shape index (κ2) is 9.21. The molecule has 0 aliphatic heterocycles. The van der Waals surface area contributed by atoms with Gasteiger partial charge >= 0.3 is 0 Å². The maximum Gasteiger partial charge on any atom is 0.119 e. The number of rotatable bonds is 9. The molecule has 0 heterocycles. The van der Waals surface area contributed by atoms with E-state index in [4.69, 9.17) is 9.47 Å². The number of benzene rings is 2. The van der Waals surface area contributed by atoms with E-state index in [1.54, 1.807) is 0 Å². The highest BCUT2D eigenvalue weighted by atomic mass is 16.5. The topological polar surface area (TPSA) is 30.5 Å². The summed E-state index contributed by atoms with van der Waals surface area (Å²) in [5.74, 6) is 2.91. The van der Waals surface area contributed by atoms with Crippen LogP contribution in [-0.4, -0.2) is 13.2 Å². The van der Waals surface area contributed by atoms with Crippen molar-refractivity contribution in [3.05, 3.63) is 54.1 Å². The highest BCUT2D eigenvalue weighted by molar-refractivity contribution is 5.47. The Balaban J connectivity index is 1.85. The molecule has 3 heteroatoms. The number of nitrogens with one attached hydrogen (secondary N) is 1. The fraction of sp³-hybridized carbons (Fsp3) is 0.429. The molecular formula is C21H29NO2. The zero-order chi connectivity index (χ0) is 17.4. The molecule has 0 radical (unpaired) electrons. The van der Waals surface area contributed by atoms with Gasteiger partial charge in [0.15, 0.2) is 0 Å². The first-order valence-electron chi connectivity index (χ1n) is 8.71. The first-order chi connectivity index (χ1) is 11.5. The Morgan fingerprint density at radius 2 is 1.42 bits per heavy atom. The van der Waals surface area contributed by atoms with Crippen molar-refractivity contribution in [3.8, 4) is 11.5 Å². The van der Waals surface area contributed by atoms with E-state index in [-0.39, 0.29) is 0 Å². The number of anilines is 1. The summed E-state index contributed by atoms with van der Waals surface area (Å²) in [5.41, 5.74) is 2.29. The smallest absolute Gasteiger partial charge is 0.119 e. The predicted octanol–water partition coefficient (Wildman–Crippen LogP) is 5.37. The number of hydrogen-bond donors (Lipinski definition) is 1. The van der Waals surface area contributed by atoms with Gasteiger partial charge in [0.25, 0.3) is 0 Å². The average Bonchev–Trinajstić information content (AvgIpc) is 2.57. The van der Waals surface area contributed by atoms with E-state index in [0.29, 0.717) is 11.8 Å². The molecule has 0 bridgehead atoms. The Kier molecular flexibility index (Phi) is 6.98. The fourth-order valence-corrected chi connectivity index (χ4v) is 2.14. The van der Waals surface area contributed by atoms with Gasteiger partial charge in [-0.15, -0.1) is 0 Å². The van der Waals surface area contributed by atoms with Gasteiger partial charge in [-0.2, -0.15) is 0 Å². The zero-order valence-electron chi connectivity index (χ0n) is 15.2. The standard InChI is InChI=1S/C21H29NO2/c1-16(2)14-23-20-10-8-19(9-11-20)22-13-18-6-5-7-21(12-18)24-15-17(3)4/h5-12,16-17,22H,13-15H2,1-4H3. The lowest BCUT2D eigenvalue weighted by Crippen LogP contribution is -2.05. The Labute approximate surface area is 146 Å². The van der Waals surface area contributed by atoms with E-state index >= 15 is 0 Å². The van der Waals surface area contributed by atoms with Crippen LogP contribution in [0.25, 0.3) is 0 Å². The second-order valence-corrected chi connectivity index (χ2v) is 6.94. The van der Waals surface area contributed by atoms with E-state index in [2.05, 4.69) is 57.3 Å².